The fourth-order valence-corrected chi connectivity index (χ4v) is 3.24. The number of nitro benzene ring substituents is 1. The van der Waals surface area contributed by atoms with E-state index < -0.39 is 0 Å². The van der Waals surface area contributed by atoms with Gasteiger partial charge in [0.25, 0.3) is 5.69 Å². The van der Waals surface area contributed by atoms with E-state index in [0.29, 0.717) is 12.0 Å². The van der Waals surface area contributed by atoms with Gasteiger partial charge < -0.3 is 10.6 Å². The zero-order chi connectivity index (χ0) is 16.7. The molecule has 0 atom stereocenters. The maximum Gasteiger partial charge on any atom is 0.269 e. The van der Waals surface area contributed by atoms with Crippen LogP contribution in [0.2, 0.25) is 0 Å². The minimum absolute atomic E-state index is 0. The van der Waals surface area contributed by atoms with Crippen molar-refractivity contribution >= 4 is 35.6 Å². The lowest BCUT2D eigenvalue weighted by Gasteiger charge is -2.28. The molecule has 0 amide bonds. The summed E-state index contributed by atoms with van der Waals surface area (Å²) in [6.07, 6.45) is 6.36. The Morgan fingerprint density at radius 1 is 1.33 bits per heavy atom. The number of benzene rings is 1. The summed E-state index contributed by atoms with van der Waals surface area (Å²) in [5.41, 5.74) is 1.37. The van der Waals surface area contributed by atoms with Crippen LogP contribution < -0.4 is 10.6 Å². The zero-order valence-electron chi connectivity index (χ0n) is 14.4. The van der Waals surface area contributed by atoms with E-state index in [-0.39, 0.29) is 34.6 Å². The van der Waals surface area contributed by atoms with Gasteiger partial charge in [-0.3, -0.25) is 15.1 Å². The van der Waals surface area contributed by atoms with Crippen LogP contribution in [-0.2, 0) is 6.54 Å². The van der Waals surface area contributed by atoms with Gasteiger partial charge in [-0.2, -0.15) is 0 Å². The van der Waals surface area contributed by atoms with E-state index in [2.05, 4.69) is 22.5 Å². The van der Waals surface area contributed by atoms with Crippen molar-refractivity contribution in [2.45, 2.75) is 45.6 Å². The summed E-state index contributed by atoms with van der Waals surface area (Å²) < 4.78 is 0. The van der Waals surface area contributed by atoms with Crippen LogP contribution in [0.15, 0.2) is 29.3 Å². The first-order valence-corrected chi connectivity index (χ1v) is 8.26. The number of nitro groups is 1. The van der Waals surface area contributed by atoms with E-state index in [4.69, 9.17) is 0 Å². The lowest BCUT2D eigenvalue weighted by atomic mass is 9.83. The minimum Gasteiger partial charge on any atom is -0.356 e. The van der Waals surface area contributed by atoms with Crippen LogP contribution in [0.5, 0.6) is 0 Å². The van der Waals surface area contributed by atoms with Crippen LogP contribution in [-0.4, -0.2) is 24.5 Å². The molecule has 1 aliphatic carbocycles. The standard InChI is InChI=1S/C17H26N4O2.HI/c1-3-17(9-4-5-10-17)13-20-16(18-2)19-12-14-7-6-8-15(11-14)21(22)23;/h6-8,11H,3-5,9-10,12-13H2,1-2H3,(H2,18,19,20);1H. The summed E-state index contributed by atoms with van der Waals surface area (Å²) in [4.78, 5) is 14.7. The van der Waals surface area contributed by atoms with Gasteiger partial charge >= 0.3 is 0 Å². The second-order valence-electron chi connectivity index (χ2n) is 6.27. The molecule has 24 heavy (non-hydrogen) atoms. The molecule has 1 fully saturated rings. The average molecular weight is 446 g/mol. The number of hydrogen-bond donors (Lipinski definition) is 2. The number of halogens is 1. The van der Waals surface area contributed by atoms with E-state index in [1.165, 1.54) is 38.2 Å². The van der Waals surface area contributed by atoms with Crippen LogP contribution in [0.25, 0.3) is 0 Å². The molecule has 1 aliphatic rings. The van der Waals surface area contributed by atoms with Gasteiger partial charge in [0.1, 0.15) is 0 Å². The van der Waals surface area contributed by atoms with E-state index in [1.807, 2.05) is 6.07 Å². The largest absolute Gasteiger partial charge is 0.356 e. The number of nitrogens with one attached hydrogen (secondary N) is 2. The molecule has 0 saturated heterocycles. The second kappa shape index (κ2) is 9.80. The molecular weight excluding hydrogens is 419 g/mol. The summed E-state index contributed by atoms with van der Waals surface area (Å²) in [5.74, 6) is 0.747. The second-order valence-corrected chi connectivity index (χ2v) is 6.27. The number of aliphatic imine (C=N–C) groups is 1. The molecule has 0 unspecified atom stereocenters. The molecule has 134 valence electrons. The lowest BCUT2D eigenvalue weighted by molar-refractivity contribution is -0.384. The highest BCUT2D eigenvalue weighted by Gasteiger charge is 2.31. The Kier molecular flexibility index (Phi) is 8.44. The van der Waals surface area contributed by atoms with Crippen LogP contribution in [0.4, 0.5) is 5.69 Å². The van der Waals surface area contributed by atoms with Gasteiger partial charge in [0.05, 0.1) is 4.92 Å². The highest BCUT2D eigenvalue weighted by atomic mass is 127. The van der Waals surface area contributed by atoms with Gasteiger partial charge in [-0.15, -0.1) is 24.0 Å². The molecule has 0 bridgehead atoms. The molecule has 0 heterocycles. The number of nitrogens with zero attached hydrogens (tertiary/aromatic N) is 2. The third kappa shape index (κ3) is 5.61. The molecule has 1 saturated carbocycles. The Morgan fingerprint density at radius 2 is 2.04 bits per heavy atom. The molecule has 0 aromatic heterocycles. The van der Waals surface area contributed by atoms with Crippen LogP contribution in [0, 0.1) is 15.5 Å². The molecule has 1 aromatic carbocycles. The van der Waals surface area contributed by atoms with E-state index in [0.717, 1.165) is 18.1 Å². The molecule has 6 nitrogen and oxygen atoms in total. The third-order valence-electron chi connectivity index (χ3n) is 4.85. The van der Waals surface area contributed by atoms with Crippen molar-refractivity contribution in [1.82, 2.24) is 10.6 Å². The molecule has 7 heteroatoms. The van der Waals surface area contributed by atoms with Crippen molar-refractivity contribution in [3.63, 3.8) is 0 Å². The van der Waals surface area contributed by atoms with E-state index >= 15 is 0 Å². The fourth-order valence-electron chi connectivity index (χ4n) is 3.24. The third-order valence-corrected chi connectivity index (χ3v) is 4.85. The van der Waals surface area contributed by atoms with Crippen molar-refractivity contribution in [3.8, 4) is 0 Å². The number of non-ortho nitro benzene ring substituents is 1. The molecule has 0 spiro atoms. The minimum atomic E-state index is -0.373. The fraction of sp³-hybridized carbons (Fsp3) is 0.588. The highest BCUT2D eigenvalue weighted by molar-refractivity contribution is 14.0. The summed E-state index contributed by atoms with van der Waals surface area (Å²) in [7, 11) is 1.75. The molecule has 2 N–H and O–H groups in total. The van der Waals surface area contributed by atoms with Crippen molar-refractivity contribution < 1.29 is 4.92 Å². The highest BCUT2D eigenvalue weighted by Crippen LogP contribution is 2.40. The SMILES string of the molecule is CCC1(CNC(=NC)NCc2cccc([N+](=O)[O-])c2)CCCC1.I. The van der Waals surface area contributed by atoms with E-state index in [1.54, 1.807) is 19.2 Å². The zero-order valence-corrected chi connectivity index (χ0v) is 16.7. The van der Waals surface area contributed by atoms with Crippen LogP contribution in [0.3, 0.4) is 0 Å². The Balaban J connectivity index is 0.00000288. The van der Waals surface area contributed by atoms with Gasteiger partial charge in [-0.25, -0.2) is 0 Å². The normalized spacial score (nSPS) is 16.3. The maximum absolute atomic E-state index is 10.8. The summed E-state index contributed by atoms with van der Waals surface area (Å²) in [6.45, 7) is 3.70. The van der Waals surface area contributed by atoms with Gasteiger partial charge in [0.2, 0.25) is 0 Å². The molecule has 1 aromatic rings. The number of rotatable bonds is 6. The first-order valence-electron chi connectivity index (χ1n) is 8.26. The van der Waals surface area contributed by atoms with Crippen molar-refractivity contribution in [3.05, 3.63) is 39.9 Å². The Hall–Kier alpha value is -1.38. The average Bonchev–Trinajstić information content (AvgIpc) is 3.05. The van der Waals surface area contributed by atoms with Gasteiger partial charge in [-0.05, 0) is 30.2 Å². The van der Waals surface area contributed by atoms with Crippen LogP contribution in [0.1, 0.15) is 44.6 Å². The van der Waals surface area contributed by atoms with Gasteiger partial charge in [-0.1, -0.05) is 31.9 Å². The summed E-state index contributed by atoms with van der Waals surface area (Å²) in [6, 6.07) is 6.67. The predicted octanol–water partition coefficient (Wildman–Crippen LogP) is 3.85. The first kappa shape index (κ1) is 20.7. The molecule has 0 radical (unpaired) electrons. The summed E-state index contributed by atoms with van der Waals surface area (Å²) in [5, 5.41) is 17.5. The van der Waals surface area contributed by atoms with Crippen molar-refractivity contribution in [1.29, 1.82) is 0 Å². The smallest absolute Gasteiger partial charge is 0.269 e. The Morgan fingerprint density at radius 3 is 2.62 bits per heavy atom. The van der Waals surface area contributed by atoms with Crippen molar-refractivity contribution in [2.24, 2.45) is 10.4 Å². The molecular formula is C17H27IN4O2. The van der Waals surface area contributed by atoms with Crippen LogP contribution >= 0.6 is 24.0 Å². The van der Waals surface area contributed by atoms with Gasteiger partial charge in [0, 0.05) is 32.3 Å². The number of guanidine groups is 1. The Labute approximate surface area is 160 Å². The number of hydrogen-bond acceptors (Lipinski definition) is 3. The predicted molar refractivity (Wildman–Crippen MR) is 108 cm³/mol. The molecule has 0 aliphatic heterocycles. The van der Waals surface area contributed by atoms with E-state index in [9.17, 15) is 10.1 Å². The van der Waals surface area contributed by atoms with Gasteiger partial charge in [0.15, 0.2) is 5.96 Å². The first-order chi connectivity index (χ1) is 11.1. The Bertz CT molecular complexity index is 571. The van der Waals surface area contributed by atoms with Crippen molar-refractivity contribution in [2.75, 3.05) is 13.6 Å². The topological polar surface area (TPSA) is 79.6 Å². The lowest BCUT2D eigenvalue weighted by Crippen LogP contribution is -2.42. The quantitative estimate of drug-likeness (QED) is 0.229. The molecule has 2 rings (SSSR count). The summed E-state index contributed by atoms with van der Waals surface area (Å²) >= 11 is 0. The monoisotopic (exact) mass is 446 g/mol. The maximum atomic E-state index is 10.8.